The highest BCUT2D eigenvalue weighted by molar-refractivity contribution is 5.96. The summed E-state index contributed by atoms with van der Waals surface area (Å²) in [6.07, 6.45) is 1.25. The molecule has 1 aromatic heterocycles. The van der Waals surface area contributed by atoms with Gasteiger partial charge in [-0.05, 0) is 61.7 Å². The van der Waals surface area contributed by atoms with Crippen LogP contribution in [0.15, 0.2) is 71.5 Å². The molecule has 4 rings (SSSR count). The van der Waals surface area contributed by atoms with Crippen LogP contribution in [0.1, 0.15) is 44.4 Å². The molecule has 1 atom stereocenters. The highest BCUT2D eigenvalue weighted by Crippen LogP contribution is 2.29. The van der Waals surface area contributed by atoms with Gasteiger partial charge in [-0.1, -0.05) is 49.7 Å². The molecule has 184 valence electrons. The molecule has 2 N–H and O–H groups in total. The van der Waals surface area contributed by atoms with Crippen molar-refractivity contribution in [1.82, 2.24) is 9.55 Å². The predicted octanol–water partition coefficient (Wildman–Crippen LogP) is 5.48. The number of amides is 2. The van der Waals surface area contributed by atoms with Crippen molar-refractivity contribution in [3.8, 4) is 11.3 Å². The van der Waals surface area contributed by atoms with Crippen LogP contribution in [0.2, 0.25) is 0 Å². The van der Waals surface area contributed by atoms with Crippen molar-refractivity contribution < 1.29 is 9.59 Å². The Morgan fingerprint density at radius 3 is 2.47 bits per heavy atom. The third kappa shape index (κ3) is 5.05. The van der Waals surface area contributed by atoms with Crippen molar-refractivity contribution >= 4 is 34.2 Å². The highest BCUT2D eigenvalue weighted by Gasteiger charge is 2.25. The maximum absolute atomic E-state index is 14.0. The molecular formula is C29H30N4O3. The van der Waals surface area contributed by atoms with Crippen molar-refractivity contribution in [3.05, 3.63) is 88.2 Å². The second-order valence-electron chi connectivity index (χ2n) is 8.82. The monoisotopic (exact) mass is 482 g/mol. The molecule has 0 radical (unpaired) electrons. The lowest BCUT2D eigenvalue weighted by Crippen LogP contribution is -2.34. The quantitative estimate of drug-likeness (QED) is 0.365. The van der Waals surface area contributed by atoms with Crippen molar-refractivity contribution in [2.45, 2.75) is 46.6 Å². The number of aryl methyl sites for hydroxylation is 2. The number of carbonyl (C=O) groups is 2. The van der Waals surface area contributed by atoms with Crippen LogP contribution in [-0.2, 0) is 16.0 Å². The van der Waals surface area contributed by atoms with E-state index in [2.05, 4.69) is 22.5 Å². The lowest BCUT2D eigenvalue weighted by Gasteiger charge is -2.22. The Bertz CT molecular complexity index is 1510. The van der Waals surface area contributed by atoms with E-state index in [1.807, 2.05) is 68.4 Å². The zero-order valence-electron chi connectivity index (χ0n) is 21.0. The smallest absolute Gasteiger partial charge is 0.278 e. The minimum Gasteiger partial charge on any atom is -0.326 e. The summed E-state index contributed by atoms with van der Waals surface area (Å²) in [6, 6.07) is 19.7. The topological polar surface area (TPSA) is 93.1 Å². The number of benzene rings is 3. The standard InChI is InChI=1S/C29H30N4O3/c1-5-20-10-9-11-21(17-20)31-28(35)25(6-2)33-26-13-8-7-12-24(26)32-27(29(33)36)22-16-18(3)14-15-23(22)30-19(4)34/h7-17,25H,5-6H2,1-4H3,(H,30,34)(H,31,35)/t25-/m1/s1. The van der Waals surface area contributed by atoms with E-state index in [1.165, 1.54) is 11.5 Å². The van der Waals surface area contributed by atoms with Gasteiger partial charge in [0, 0.05) is 18.2 Å². The molecule has 0 saturated carbocycles. The Morgan fingerprint density at radius 2 is 1.75 bits per heavy atom. The van der Waals surface area contributed by atoms with Gasteiger partial charge < -0.3 is 10.6 Å². The molecule has 4 aromatic rings. The van der Waals surface area contributed by atoms with E-state index in [0.717, 1.165) is 17.5 Å². The number of hydrogen-bond donors (Lipinski definition) is 2. The van der Waals surface area contributed by atoms with Crippen LogP contribution in [0.4, 0.5) is 11.4 Å². The van der Waals surface area contributed by atoms with E-state index >= 15 is 0 Å². The highest BCUT2D eigenvalue weighted by atomic mass is 16.2. The first-order valence-corrected chi connectivity index (χ1v) is 12.1. The molecule has 0 saturated heterocycles. The number of fused-ring (bicyclic) bond motifs is 1. The van der Waals surface area contributed by atoms with Crippen molar-refractivity contribution in [2.24, 2.45) is 0 Å². The van der Waals surface area contributed by atoms with Crippen LogP contribution < -0.4 is 16.2 Å². The summed E-state index contributed by atoms with van der Waals surface area (Å²) in [6.45, 7) is 7.26. The van der Waals surface area contributed by atoms with Gasteiger partial charge in [0.05, 0.1) is 16.7 Å². The molecule has 7 heteroatoms. The summed E-state index contributed by atoms with van der Waals surface area (Å²) in [7, 11) is 0. The molecule has 0 bridgehead atoms. The van der Waals surface area contributed by atoms with Crippen LogP contribution in [0.3, 0.4) is 0 Å². The summed E-state index contributed by atoms with van der Waals surface area (Å²) >= 11 is 0. The fourth-order valence-electron chi connectivity index (χ4n) is 4.37. The predicted molar refractivity (Wildman–Crippen MR) is 144 cm³/mol. The maximum Gasteiger partial charge on any atom is 0.278 e. The Morgan fingerprint density at radius 1 is 0.972 bits per heavy atom. The summed E-state index contributed by atoms with van der Waals surface area (Å²) in [5.74, 6) is -0.525. The van der Waals surface area contributed by atoms with Crippen LogP contribution in [0.25, 0.3) is 22.3 Å². The lowest BCUT2D eigenvalue weighted by atomic mass is 10.0. The van der Waals surface area contributed by atoms with Gasteiger partial charge in [-0.3, -0.25) is 19.0 Å². The van der Waals surface area contributed by atoms with Crippen LogP contribution >= 0.6 is 0 Å². The normalized spacial score (nSPS) is 11.8. The summed E-state index contributed by atoms with van der Waals surface area (Å²) < 4.78 is 1.52. The van der Waals surface area contributed by atoms with Gasteiger partial charge in [-0.15, -0.1) is 0 Å². The van der Waals surface area contributed by atoms with Crippen LogP contribution in [0.5, 0.6) is 0 Å². The van der Waals surface area contributed by atoms with E-state index in [1.54, 1.807) is 12.1 Å². The zero-order chi connectivity index (χ0) is 25.8. The van der Waals surface area contributed by atoms with Crippen molar-refractivity contribution in [1.29, 1.82) is 0 Å². The summed E-state index contributed by atoms with van der Waals surface area (Å²) in [5.41, 5.74) is 4.67. The Kier molecular flexibility index (Phi) is 7.29. The van der Waals surface area contributed by atoms with E-state index in [0.29, 0.717) is 34.4 Å². The number of aromatic nitrogens is 2. The van der Waals surface area contributed by atoms with Crippen LogP contribution in [-0.4, -0.2) is 21.4 Å². The molecule has 0 unspecified atom stereocenters. The zero-order valence-corrected chi connectivity index (χ0v) is 21.0. The maximum atomic E-state index is 14.0. The van der Waals surface area contributed by atoms with Gasteiger partial charge in [0.25, 0.3) is 5.56 Å². The van der Waals surface area contributed by atoms with E-state index < -0.39 is 11.6 Å². The number of nitrogens with zero attached hydrogens (tertiary/aromatic N) is 2. The molecule has 1 heterocycles. The molecule has 0 fully saturated rings. The molecular weight excluding hydrogens is 452 g/mol. The molecule has 0 aliphatic rings. The minimum atomic E-state index is -0.761. The van der Waals surface area contributed by atoms with Crippen molar-refractivity contribution in [3.63, 3.8) is 0 Å². The first kappa shape index (κ1) is 24.9. The van der Waals surface area contributed by atoms with E-state index in [9.17, 15) is 14.4 Å². The third-order valence-electron chi connectivity index (χ3n) is 6.14. The minimum absolute atomic E-state index is 0.181. The van der Waals surface area contributed by atoms with Crippen molar-refractivity contribution in [2.75, 3.05) is 10.6 Å². The molecule has 36 heavy (non-hydrogen) atoms. The Labute approximate surface area is 210 Å². The lowest BCUT2D eigenvalue weighted by molar-refractivity contribution is -0.119. The number of hydrogen-bond acceptors (Lipinski definition) is 4. The fraction of sp³-hybridized carbons (Fsp3) is 0.241. The number of carbonyl (C=O) groups excluding carboxylic acids is 2. The largest absolute Gasteiger partial charge is 0.326 e. The summed E-state index contributed by atoms with van der Waals surface area (Å²) in [5, 5.41) is 5.78. The van der Waals surface area contributed by atoms with E-state index in [4.69, 9.17) is 0 Å². The SMILES string of the molecule is CCc1cccc(NC(=O)[C@@H](CC)n2c(=O)c(-c3cc(C)ccc3NC(C)=O)nc3ccccc32)c1. The average molecular weight is 483 g/mol. The third-order valence-corrected chi connectivity index (χ3v) is 6.14. The van der Waals surface area contributed by atoms with E-state index in [-0.39, 0.29) is 17.5 Å². The molecule has 0 aliphatic carbocycles. The molecule has 3 aromatic carbocycles. The van der Waals surface area contributed by atoms with Gasteiger partial charge in [0.2, 0.25) is 11.8 Å². The Hall–Kier alpha value is -4.26. The Balaban J connectivity index is 1.89. The number of nitrogens with one attached hydrogen (secondary N) is 2. The van der Waals surface area contributed by atoms with Gasteiger partial charge in [0.1, 0.15) is 11.7 Å². The number of para-hydroxylation sites is 2. The average Bonchev–Trinajstić information content (AvgIpc) is 2.86. The molecule has 2 amide bonds. The van der Waals surface area contributed by atoms with Gasteiger partial charge in [0.15, 0.2) is 0 Å². The summed E-state index contributed by atoms with van der Waals surface area (Å²) in [4.78, 5) is 44.0. The second kappa shape index (κ2) is 10.6. The van der Waals surface area contributed by atoms with Gasteiger partial charge in [-0.2, -0.15) is 0 Å². The second-order valence-corrected chi connectivity index (χ2v) is 8.82. The first-order valence-electron chi connectivity index (χ1n) is 12.1. The van der Waals surface area contributed by atoms with Crippen LogP contribution in [0, 0.1) is 6.92 Å². The number of anilines is 2. The molecule has 7 nitrogen and oxygen atoms in total. The first-order chi connectivity index (χ1) is 17.3. The number of rotatable bonds is 7. The fourth-order valence-corrected chi connectivity index (χ4v) is 4.37. The molecule has 0 spiro atoms. The molecule has 0 aliphatic heterocycles. The van der Waals surface area contributed by atoms with Gasteiger partial charge in [-0.25, -0.2) is 4.98 Å². The van der Waals surface area contributed by atoms with Gasteiger partial charge >= 0.3 is 0 Å².